The number of carbonyl (C=O) groups is 5. The van der Waals surface area contributed by atoms with Crippen LogP contribution in [0.15, 0.2) is 72.4 Å². The molecule has 10 rings (SSSR count). The molecule has 11 N–H and O–H groups in total. The molecule has 10 heterocycles. The number of sulfonamides is 5. The van der Waals surface area contributed by atoms with Crippen molar-refractivity contribution in [3.63, 3.8) is 0 Å². The number of hydrogen-bond donors (Lipinski definition) is 11. The molecule has 123 heavy (non-hydrogen) atoms. The molecule has 39 nitrogen and oxygen atoms in total. The molecule has 0 spiro atoms. The summed E-state index contributed by atoms with van der Waals surface area (Å²) in [6.45, 7) is 29.1. The Morgan fingerprint density at radius 1 is 0.333 bits per heavy atom. The number of aliphatic hydroxyl groups excluding tert-OH is 1. The normalized spacial score (nSPS) is 23.7. The topological polar surface area (TPSA) is 595 Å². The highest BCUT2D eigenvalue weighted by atomic mass is 32.3. The van der Waals surface area contributed by atoms with E-state index in [0.717, 1.165) is 6.92 Å². The van der Waals surface area contributed by atoms with E-state index in [4.69, 9.17) is 19.3 Å². The van der Waals surface area contributed by atoms with E-state index in [1.54, 1.807) is 53.2 Å². The summed E-state index contributed by atoms with van der Waals surface area (Å²) in [7, 11) is -34.9. The molecule has 14 atom stereocenters. The predicted molar refractivity (Wildman–Crippen MR) is 463 cm³/mol. The standard InChI is InChI=1S/3C14H22N2O6S3.C14H22N2O5S3.C13H20N2O6S3/c3*1-5-15-11-6-8(2)24(18,19)14-10(11)7-12(23-14)25(20,21)16-13(17)9(3)22-4;1-5-15-11-6-9(4)23(18,19)14-10(11)7-12(22-14)24(20,21)16-13(17)8(2)3;1-4-14-10-5-7(2)23(18,19)13-9(10)6-11(22-13)24(20,21)15-12(17)8(3)16/h3*7-9,11,15H,5-6H2,1-4H3,(H,16,17);7-9,11,15H,5-6H2,1-4H3,(H,16,17);6-8,10,14,16H,4-5H2,1-3H3,(H,15,17)/t3*8-,9?,11-;9-,11-;7-,8?,10-/m00000/s1. The first-order valence-corrected chi connectivity index (χ1v) is 57.5. The van der Waals surface area contributed by atoms with Crippen molar-refractivity contribution in [2.24, 2.45) is 5.92 Å². The van der Waals surface area contributed by atoms with Crippen LogP contribution < -0.4 is 50.2 Å². The summed E-state index contributed by atoms with van der Waals surface area (Å²) in [5.41, 5.74) is 2.20. The van der Waals surface area contributed by atoms with Crippen molar-refractivity contribution in [3.8, 4) is 0 Å². The van der Waals surface area contributed by atoms with Crippen molar-refractivity contribution in [1.82, 2.24) is 50.2 Å². The maximum atomic E-state index is 12.6. The third-order valence-corrected chi connectivity index (χ3v) is 48.6. The maximum Gasteiger partial charge on any atom is 0.273 e. The summed E-state index contributed by atoms with van der Waals surface area (Å²) >= 11 is 3.35. The Hall–Kier alpha value is -5.01. The van der Waals surface area contributed by atoms with Crippen LogP contribution in [0.25, 0.3) is 0 Å². The van der Waals surface area contributed by atoms with Gasteiger partial charge >= 0.3 is 0 Å². The molecule has 4 unspecified atom stereocenters. The van der Waals surface area contributed by atoms with E-state index in [1.807, 2.05) is 53.5 Å². The smallest absolute Gasteiger partial charge is 0.273 e. The number of amides is 5. The van der Waals surface area contributed by atoms with Crippen LogP contribution in [0, 0.1) is 5.92 Å². The average Bonchev–Trinajstić information content (AvgIpc) is 1.64. The van der Waals surface area contributed by atoms with Crippen LogP contribution in [0.3, 0.4) is 0 Å². The van der Waals surface area contributed by atoms with Gasteiger partial charge in [0.25, 0.3) is 73.7 Å². The van der Waals surface area contributed by atoms with Gasteiger partial charge in [-0.1, -0.05) is 48.5 Å². The van der Waals surface area contributed by atoms with Crippen molar-refractivity contribution in [2.75, 3.05) is 54.1 Å². The zero-order valence-corrected chi connectivity index (χ0v) is 82.9. The van der Waals surface area contributed by atoms with Crippen molar-refractivity contribution < 1.29 is 127 Å². The van der Waals surface area contributed by atoms with Gasteiger partial charge in [0, 0.05) is 85.3 Å². The van der Waals surface area contributed by atoms with Gasteiger partial charge in [-0.3, -0.25) is 24.0 Å². The van der Waals surface area contributed by atoms with Gasteiger partial charge in [-0.05, 0) is 157 Å². The minimum absolute atomic E-state index is 0.0112. The van der Waals surface area contributed by atoms with E-state index in [0.29, 0.717) is 149 Å². The highest BCUT2D eigenvalue weighted by Gasteiger charge is 2.46. The highest BCUT2D eigenvalue weighted by molar-refractivity contribution is 7.98. The lowest BCUT2D eigenvalue weighted by atomic mass is 10.1. The van der Waals surface area contributed by atoms with Crippen LogP contribution in [-0.4, -0.2) is 224 Å². The molecule has 0 bridgehead atoms. The third kappa shape index (κ3) is 24.6. The van der Waals surface area contributed by atoms with Crippen LogP contribution >= 0.6 is 56.7 Å². The molecule has 0 aliphatic carbocycles. The van der Waals surface area contributed by atoms with Gasteiger partial charge in [0.15, 0.2) is 49.2 Å². The number of carbonyl (C=O) groups excluding carboxylic acids is 5. The fourth-order valence-corrected chi connectivity index (χ4v) is 37.8. The molecule has 698 valence electrons. The maximum absolute atomic E-state index is 12.6. The van der Waals surface area contributed by atoms with E-state index in [-0.39, 0.29) is 72.3 Å². The molecule has 0 saturated carbocycles. The lowest BCUT2D eigenvalue weighted by Crippen LogP contribution is -2.37. The molecule has 5 aromatic heterocycles. The monoisotopic (exact) mass is 2020 g/mol. The first-order chi connectivity index (χ1) is 56.6. The summed E-state index contributed by atoms with van der Waals surface area (Å²) in [4.78, 5) is 58.6. The van der Waals surface area contributed by atoms with Gasteiger partial charge in [-0.25, -0.2) is 108 Å². The zero-order valence-electron chi connectivity index (χ0n) is 70.6. The fourth-order valence-electron chi connectivity index (χ4n) is 12.5. The van der Waals surface area contributed by atoms with Gasteiger partial charge < -0.3 is 45.9 Å². The van der Waals surface area contributed by atoms with Gasteiger partial charge in [0.05, 0.1) is 26.2 Å². The van der Waals surface area contributed by atoms with Crippen molar-refractivity contribution in [1.29, 1.82) is 0 Å². The third-order valence-electron chi connectivity index (χ3n) is 20.0. The second-order valence-electron chi connectivity index (χ2n) is 29.4. The molecule has 5 amide bonds. The van der Waals surface area contributed by atoms with Crippen molar-refractivity contribution in [3.05, 3.63) is 58.1 Å². The second-order valence-corrected chi connectivity index (χ2v) is 57.0. The number of methoxy groups -OCH3 is 3. The Bertz CT molecular complexity index is 5440. The molecule has 0 aromatic carbocycles. The first kappa shape index (κ1) is 107. The second kappa shape index (κ2) is 42.3. The number of nitrogens with one attached hydrogen (secondary N) is 10. The first-order valence-electron chi connectivity index (χ1n) is 38.3. The molecule has 0 fully saturated rings. The van der Waals surface area contributed by atoms with Crippen molar-refractivity contribution >= 4 is 186 Å². The Morgan fingerprint density at radius 3 is 0.642 bits per heavy atom. The minimum Gasteiger partial charge on any atom is -0.384 e. The van der Waals surface area contributed by atoms with E-state index in [9.17, 15) is 108 Å². The minimum atomic E-state index is -4.24. The molecule has 5 aromatic rings. The van der Waals surface area contributed by atoms with E-state index in [2.05, 4.69) is 26.6 Å². The Balaban J connectivity index is 0.000000238. The van der Waals surface area contributed by atoms with Crippen LogP contribution in [0.1, 0.15) is 201 Å². The summed E-state index contributed by atoms with van der Waals surface area (Å²) < 4.78 is 272. The quantitative estimate of drug-likeness (QED) is 0.0337. The van der Waals surface area contributed by atoms with Crippen LogP contribution in [0.5, 0.6) is 0 Å². The summed E-state index contributed by atoms with van der Waals surface area (Å²) in [6, 6.07) is 5.45. The fraction of sp³-hybridized carbons (Fsp3) is 0.638. The summed E-state index contributed by atoms with van der Waals surface area (Å²) in [6.07, 6.45) is -2.48. The van der Waals surface area contributed by atoms with Gasteiger partial charge in [-0.15, -0.1) is 56.7 Å². The van der Waals surface area contributed by atoms with Gasteiger partial charge in [0.1, 0.15) is 66.5 Å². The SMILES string of the molecule is CCN[C@H]1C[C@H](C)S(=O)(=O)c2sc(S(=O)(=O)NC(=O)C(C)C)cc21.CCN[C@H]1C[C@H](C)S(=O)(=O)c2sc(S(=O)(=O)NC(=O)C(C)O)cc21.CCN[C@H]1C[C@H](C)S(=O)(=O)c2sc(S(=O)(=O)NC(=O)C(C)OC)cc21.CCN[C@H]1C[C@H](C)S(=O)(=O)c2sc(S(=O)(=O)NC(=O)C(C)OC)cc21.CCN[C@H]1C[C@H](C)S(=O)(=O)c2sc(S(=O)(=O)NC(=O)C(C)OC)cc21. The summed E-state index contributed by atoms with van der Waals surface area (Å²) in [5.74, 6) is -4.62. The van der Waals surface area contributed by atoms with Crippen LogP contribution in [0.2, 0.25) is 0 Å². The van der Waals surface area contributed by atoms with Crippen LogP contribution in [-0.2, 0) is 137 Å². The predicted octanol–water partition coefficient (Wildman–Crippen LogP) is 3.99. The number of thiophene rings is 5. The molecular formula is C69H108N10O29S15. The molecule has 5 aliphatic rings. The highest BCUT2D eigenvalue weighted by Crippen LogP contribution is 2.48. The Kier molecular flexibility index (Phi) is 36.7. The zero-order chi connectivity index (χ0) is 93.5. The number of hydrogen-bond acceptors (Lipinski definition) is 39. The van der Waals surface area contributed by atoms with Gasteiger partial charge in [0.2, 0.25) is 5.91 Å². The number of sulfone groups is 5. The Morgan fingerprint density at radius 2 is 0.496 bits per heavy atom. The lowest BCUT2D eigenvalue weighted by Gasteiger charge is -2.27. The van der Waals surface area contributed by atoms with Crippen LogP contribution in [0.4, 0.5) is 0 Å². The van der Waals surface area contributed by atoms with E-state index >= 15 is 0 Å². The van der Waals surface area contributed by atoms with Gasteiger partial charge in [-0.2, -0.15) is 0 Å². The largest absolute Gasteiger partial charge is 0.384 e. The lowest BCUT2D eigenvalue weighted by molar-refractivity contribution is -0.128. The molecule has 0 radical (unpaired) electrons. The molecule has 0 saturated heterocycles. The van der Waals surface area contributed by atoms with E-state index in [1.165, 1.54) is 72.4 Å². The molecule has 5 aliphatic heterocycles. The van der Waals surface area contributed by atoms with Crippen molar-refractivity contribution in [2.45, 2.75) is 266 Å². The number of rotatable bonds is 28. The Labute approximate surface area is 740 Å². The summed E-state index contributed by atoms with van der Waals surface area (Å²) in [5, 5.41) is 22.0. The van der Waals surface area contributed by atoms with E-state index < -0.39 is 185 Å². The molecular weight excluding hydrogens is 1910 g/mol. The number of aliphatic hydroxyl groups is 1. The number of fused-ring (bicyclic) bond motifs is 5. The average molecular weight is 2020 g/mol. The number of ether oxygens (including phenoxy) is 3. The molecule has 54 heteroatoms.